The van der Waals surface area contributed by atoms with Gasteiger partial charge in [-0.2, -0.15) is 0 Å². The quantitative estimate of drug-likeness (QED) is 0.338. The smallest absolute Gasteiger partial charge is 0.244 e. The minimum Gasteiger partial charge on any atom is -0.493 e. The van der Waals surface area contributed by atoms with Crippen LogP contribution >= 0.6 is 11.8 Å². The normalized spacial score (nSPS) is 10.8. The van der Waals surface area contributed by atoms with Crippen molar-refractivity contribution in [1.82, 2.24) is 20.1 Å². The average Bonchev–Trinajstić information content (AvgIpc) is 3.20. The SMILES string of the molecule is COc1ccc(C=CC(=O)NCc2nnc(SCC(=O)Nc3ccccc3C)n2C)cc1OC. The molecule has 34 heavy (non-hydrogen) atoms. The van der Waals surface area contributed by atoms with Crippen LogP contribution < -0.4 is 20.1 Å². The van der Waals surface area contributed by atoms with E-state index < -0.39 is 0 Å². The zero-order valence-electron chi connectivity index (χ0n) is 19.5. The first-order chi connectivity index (χ1) is 16.4. The third-order valence-corrected chi connectivity index (χ3v) is 5.95. The third kappa shape index (κ3) is 6.61. The molecule has 0 aliphatic rings. The number of para-hydroxylation sites is 1. The number of anilines is 1. The molecule has 0 fully saturated rings. The maximum Gasteiger partial charge on any atom is 0.244 e. The number of nitrogens with one attached hydrogen (secondary N) is 2. The van der Waals surface area contributed by atoms with Gasteiger partial charge in [-0.05, 0) is 42.3 Å². The third-order valence-electron chi connectivity index (χ3n) is 4.93. The summed E-state index contributed by atoms with van der Waals surface area (Å²) in [5, 5.41) is 14.5. The minimum atomic E-state index is -0.274. The second-order valence-electron chi connectivity index (χ2n) is 7.28. The maximum absolute atomic E-state index is 12.3. The molecule has 0 bridgehead atoms. The van der Waals surface area contributed by atoms with Gasteiger partial charge in [-0.25, -0.2) is 0 Å². The zero-order valence-corrected chi connectivity index (χ0v) is 20.3. The molecule has 9 nitrogen and oxygen atoms in total. The molecule has 1 heterocycles. The molecule has 1 aromatic heterocycles. The van der Waals surface area contributed by atoms with Gasteiger partial charge in [0.1, 0.15) is 0 Å². The van der Waals surface area contributed by atoms with Crippen LogP contribution in [0.3, 0.4) is 0 Å². The fourth-order valence-corrected chi connectivity index (χ4v) is 3.74. The van der Waals surface area contributed by atoms with Crippen LogP contribution in [0.4, 0.5) is 5.69 Å². The number of hydrogen-bond donors (Lipinski definition) is 2. The Morgan fingerprint density at radius 2 is 1.85 bits per heavy atom. The lowest BCUT2D eigenvalue weighted by molar-refractivity contribution is -0.116. The Morgan fingerprint density at radius 3 is 2.59 bits per heavy atom. The summed E-state index contributed by atoms with van der Waals surface area (Å²) in [6.07, 6.45) is 3.12. The van der Waals surface area contributed by atoms with E-state index in [-0.39, 0.29) is 24.1 Å². The molecule has 178 valence electrons. The van der Waals surface area contributed by atoms with Gasteiger partial charge in [-0.1, -0.05) is 36.0 Å². The molecule has 2 aromatic carbocycles. The highest BCUT2D eigenvalue weighted by atomic mass is 32.2. The van der Waals surface area contributed by atoms with E-state index in [2.05, 4.69) is 20.8 Å². The van der Waals surface area contributed by atoms with Gasteiger partial charge in [0.25, 0.3) is 0 Å². The average molecular weight is 482 g/mol. The largest absolute Gasteiger partial charge is 0.493 e. The molecule has 3 rings (SSSR count). The summed E-state index contributed by atoms with van der Waals surface area (Å²) in [5.41, 5.74) is 2.59. The second kappa shape index (κ2) is 11.9. The first-order valence-electron chi connectivity index (χ1n) is 10.5. The first kappa shape index (κ1) is 24.8. The molecule has 10 heteroatoms. The molecule has 0 radical (unpaired) electrons. The van der Waals surface area contributed by atoms with Gasteiger partial charge >= 0.3 is 0 Å². The van der Waals surface area contributed by atoms with Gasteiger partial charge in [0, 0.05) is 18.8 Å². The molecular formula is C24H27N5O4S. The Bertz CT molecular complexity index is 1190. The Kier molecular flexibility index (Phi) is 8.69. The van der Waals surface area contributed by atoms with E-state index in [0.29, 0.717) is 22.5 Å². The van der Waals surface area contributed by atoms with Gasteiger partial charge in [-0.15, -0.1) is 10.2 Å². The lowest BCUT2D eigenvalue weighted by Crippen LogP contribution is -2.22. The topological polar surface area (TPSA) is 107 Å². The van der Waals surface area contributed by atoms with E-state index in [1.807, 2.05) is 37.3 Å². The Labute approximate surface area is 202 Å². The highest BCUT2D eigenvalue weighted by molar-refractivity contribution is 7.99. The van der Waals surface area contributed by atoms with Crippen LogP contribution in [-0.4, -0.2) is 46.6 Å². The summed E-state index contributed by atoms with van der Waals surface area (Å²) >= 11 is 1.28. The lowest BCUT2D eigenvalue weighted by atomic mass is 10.2. The van der Waals surface area contributed by atoms with Gasteiger partial charge in [-0.3, -0.25) is 9.59 Å². The van der Waals surface area contributed by atoms with Crippen LogP contribution in [0.5, 0.6) is 11.5 Å². The Hall–Kier alpha value is -3.79. The highest BCUT2D eigenvalue weighted by Crippen LogP contribution is 2.28. The van der Waals surface area contributed by atoms with E-state index in [9.17, 15) is 9.59 Å². The van der Waals surface area contributed by atoms with Crippen LogP contribution in [0.15, 0.2) is 53.7 Å². The van der Waals surface area contributed by atoms with Crippen LogP contribution in [0.25, 0.3) is 6.08 Å². The number of carbonyl (C=O) groups is 2. The highest BCUT2D eigenvalue weighted by Gasteiger charge is 2.12. The second-order valence-corrected chi connectivity index (χ2v) is 8.22. The van der Waals surface area contributed by atoms with Crippen LogP contribution in [0.2, 0.25) is 0 Å². The molecule has 0 spiro atoms. The molecule has 0 aliphatic carbocycles. The van der Waals surface area contributed by atoms with E-state index in [4.69, 9.17) is 9.47 Å². The number of hydrogen-bond acceptors (Lipinski definition) is 7. The van der Waals surface area contributed by atoms with Crippen molar-refractivity contribution in [3.63, 3.8) is 0 Å². The number of ether oxygens (including phenoxy) is 2. The van der Waals surface area contributed by atoms with E-state index in [1.54, 1.807) is 44.0 Å². The van der Waals surface area contributed by atoms with Crippen LogP contribution in [-0.2, 0) is 23.2 Å². The number of nitrogens with zero attached hydrogens (tertiary/aromatic N) is 3. The summed E-state index contributed by atoms with van der Waals surface area (Å²) < 4.78 is 12.2. The fraction of sp³-hybridized carbons (Fsp3) is 0.250. The number of carbonyl (C=O) groups excluding carboxylic acids is 2. The molecule has 2 N–H and O–H groups in total. The van der Waals surface area contributed by atoms with Gasteiger partial charge < -0.3 is 24.7 Å². The summed E-state index contributed by atoms with van der Waals surface area (Å²) in [4.78, 5) is 24.5. The van der Waals surface area contributed by atoms with Gasteiger partial charge in [0.15, 0.2) is 22.5 Å². The van der Waals surface area contributed by atoms with Crippen molar-refractivity contribution >= 4 is 35.3 Å². The molecule has 2 amide bonds. The number of aryl methyl sites for hydroxylation is 1. The van der Waals surface area contributed by atoms with Crippen molar-refractivity contribution in [2.24, 2.45) is 7.05 Å². The summed E-state index contributed by atoms with van der Waals surface area (Å²) in [6.45, 7) is 2.14. The minimum absolute atomic E-state index is 0.127. The molecule has 3 aromatic rings. The fourth-order valence-electron chi connectivity index (χ4n) is 3.01. The first-order valence-corrected chi connectivity index (χ1v) is 11.4. The molecule has 0 atom stereocenters. The zero-order chi connectivity index (χ0) is 24.5. The van der Waals surface area contributed by atoms with Crippen molar-refractivity contribution in [1.29, 1.82) is 0 Å². The predicted molar refractivity (Wildman–Crippen MR) is 132 cm³/mol. The standard InChI is InChI=1S/C24H27N5O4S/c1-16-7-5-6-8-18(16)26-23(31)15-34-24-28-27-21(29(24)2)14-25-22(30)12-10-17-9-11-19(32-3)20(13-17)33-4/h5-13H,14-15H2,1-4H3,(H,25,30)(H,26,31). The Morgan fingerprint density at radius 1 is 1.09 bits per heavy atom. The van der Waals surface area contributed by atoms with Crippen molar-refractivity contribution in [2.75, 3.05) is 25.3 Å². The summed E-state index contributed by atoms with van der Waals surface area (Å²) in [6, 6.07) is 13.0. The van der Waals surface area contributed by atoms with Crippen LogP contribution in [0.1, 0.15) is 17.0 Å². The van der Waals surface area contributed by atoms with E-state index in [1.165, 1.54) is 17.8 Å². The number of benzene rings is 2. The number of methoxy groups -OCH3 is 2. The molecule has 0 saturated carbocycles. The summed E-state index contributed by atoms with van der Waals surface area (Å²) in [7, 11) is 4.92. The summed E-state index contributed by atoms with van der Waals surface area (Å²) in [5.74, 6) is 1.58. The van der Waals surface area contributed by atoms with Crippen molar-refractivity contribution in [3.05, 3.63) is 65.5 Å². The number of thioether (sulfide) groups is 1. The van der Waals surface area contributed by atoms with Crippen molar-refractivity contribution in [3.8, 4) is 11.5 Å². The molecular weight excluding hydrogens is 454 g/mol. The van der Waals surface area contributed by atoms with Crippen molar-refractivity contribution < 1.29 is 19.1 Å². The van der Waals surface area contributed by atoms with E-state index in [0.717, 1.165) is 16.8 Å². The molecule has 0 aliphatic heterocycles. The van der Waals surface area contributed by atoms with E-state index >= 15 is 0 Å². The van der Waals surface area contributed by atoms with Gasteiger partial charge in [0.05, 0.1) is 26.5 Å². The lowest BCUT2D eigenvalue weighted by Gasteiger charge is -2.08. The Balaban J connectivity index is 1.50. The molecule has 0 unspecified atom stereocenters. The monoisotopic (exact) mass is 481 g/mol. The number of aromatic nitrogens is 3. The number of rotatable bonds is 10. The van der Waals surface area contributed by atoms with Gasteiger partial charge in [0.2, 0.25) is 11.8 Å². The predicted octanol–water partition coefficient (Wildman–Crippen LogP) is 3.20. The van der Waals surface area contributed by atoms with Crippen molar-refractivity contribution in [2.45, 2.75) is 18.6 Å². The molecule has 0 saturated heterocycles. The number of amides is 2. The maximum atomic E-state index is 12.3. The van der Waals surface area contributed by atoms with Crippen LogP contribution in [0, 0.1) is 6.92 Å².